The molecule has 0 aliphatic heterocycles. The van der Waals surface area contributed by atoms with E-state index in [9.17, 15) is 5.11 Å². The molecule has 180 valence electrons. The Morgan fingerprint density at radius 3 is 1.91 bits per heavy atom. The summed E-state index contributed by atoms with van der Waals surface area (Å²) in [5, 5.41) is 9.46. The number of rotatable bonds is 12. The molecule has 3 rings (SSSR count). The van der Waals surface area contributed by atoms with Gasteiger partial charge in [-0.3, -0.25) is 0 Å². The summed E-state index contributed by atoms with van der Waals surface area (Å²) < 4.78 is 11.9. The number of ether oxygens (including phenoxy) is 2. The summed E-state index contributed by atoms with van der Waals surface area (Å²) in [5.74, 6) is 1.70. The first-order valence-electron chi connectivity index (χ1n) is 11.6. The summed E-state index contributed by atoms with van der Waals surface area (Å²) in [6.45, 7) is 3.02. The highest BCUT2D eigenvalue weighted by Gasteiger charge is 2.09. The molecule has 0 saturated carbocycles. The van der Waals surface area contributed by atoms with Crippen LogP contribution in [0.1, 0.15) is 22.3 Å². The fourth-order valence-corrected chi connectivity index (χ4v) is 3.43. The molecule has 3 aromatic carbocycles. The van der Waals surface area contributed by atoms with Gasteiger partial charge in [0.15, 0.2) is 0 Å². The maximum atomic E-state index is 9.46. The van der Waals surface area contributed by atoms with Gasteiger partial charge in [-0.05, 0) is 86.4 Å². The molecule has 0 spiro atoms. The zero-order chi connectivity index (χ0) is 24.3. The van der Waals surface area contributed by atoms with Gasteiger partial charge in [-0.15, -0.1) is 0 Å². The SMILES string of the molecule is CN(C)CCOc1cccc(/C=C(/c2ccc(CO)cc2)c2cccc(OCCN(C)C)c2)c1. The molecule has 0 aromatic heterocycles. The second kappa shape index (κ2) is 12.9. The average Bonchev–Trinajstić information content (AvgIpc) is 2.83. The van der Waals surface area contributed by atoms with E-state index in [0.717, 1.165) is 52.4 Å². The largest absolute Gasteiger partial charge is 0.492 e. The normalized spacial score (nSPS) is 11.8. The molecule has 0 radical (unpaired) electrons. The zero-order valence-corrected chi connectivity index (χ0v) is 20.7. The van der Waals surface area contributed by atoms with Crippen molar-refractivity contribution in [2.24, 2.45) is 0 Å². The number of hydrogen-bond donors (Lipinski definition) is 1. The van der Waals surface area contributed by atoms with Gasteiger partial charge < -0.3 is 24.4 Å². The van der Waals surface area contributed by atoms with E-state index < -0.39 is 0 Å². The van der Waals surface area contributed by atoms with Crippen LogP contribution in [0.4, 0.5) is 0 Å². The Labute approximate surface area is 203 Å². The third-order valence-corrected chi connectivity index (χ3v) is 5.38. The van der Waals surface area contributed by atoms with Crippen LogP contribution >= 0.6 is 0 Å². The molecule has 0 aliphatic rings. The Morgan fingerprint density at radius 1 is 0.735 bits per heavy atom. The van der Waals surface area contributed by atoms with Gasteiger partial charge in [0, 0.05) is 13.1 Å². The molecule has 0 saturated heterocycles. The molecule has 3 aromatic rings. The van der Waals surface area contributed by atoms with Crippen molar-refractivity contribution in [3.63, 3.8) is 0 Å². The average molecular weight is 461 g/mol. The van der Waals surface area contributed by atoms with Crippen molar-refractivity contribution >= 4 is 11.6 Å². The summed E-state index contributed by atoms with van der Waals surface area (Å²) in [6.07, 6.45) is 2.17. The predicted octanol–water partition coefficient (Wildman–Crippen LogP) is 4.65. The third-order valence-electron chi connectivity index (χ3n) is 5.38. The van der Waals surface area contributed by atoms with Crippen molar-refractivity contribution in [1.29, 1.82) is 0 Å². The lowest BCUT2D eigenvalue weighted by Gasteiger charge is -2.14. The van der Waals surface area contributed by atoms with E-state index in [4.69, 9.17) is 9.47 Å². The minimum Gasteiger partial charge on any atom is -0.492 e. The van der Waals surface area contributed by atoms with Crippen molar-refractivity contribution in [1.82, 2.24) is 9.80 Å². The Balaban J connectivity index is 1.93. The van der Waals surface area contributed by atoms with Crippen molar-refractivity contribution in [3.8, 4) is 11.5 Å². The minimum atomic E-state index is 0.0286. The number of aliphatic hydroxyl groups is 1. The van der Waals surface area contributed by atoms with Gasteiger partial charge in [-0.1, -0.05) is 48.5 Å². The Bertz CT molecular complexity index is 1060. The minimum absolute atomic E-state index is 0.0286. The summed E-state index contributed by atoms with van der Waals surface area (Å²) in [7, 11) is 8.15. The maximum Gasteiger partial charge on any atom is 0.119 e. The highest BCUT2D eigenvalue weighted by atomic mass is 16.5. The highest BCUT2D eigenvalue weighted by Crippen LogP contribution is 2.30. The monoisotopic (exact) mass is 460 g/mol. The lowest BCUT2D eigenvalue weighted by atomic mass is 9.94. The molecule has 5 nitrogen and oxygen atoms in total. The number of aliphatic hydroxyl groups excluding tert-OH is 1. The smallest absolute Gasteiger partial charge is 0.119 e. The molecule has 1 N–H and O–H groups in total. The number of hydrogen-bond acceptors (Lipinski definition) is 5. The van der Waals surface area contributed by atoms with E-state index in [-0.39, 0.29) is 6.61 Å². The van der Waals surface area contributed by atoms with Crippen molar-refractivity contribution in [2.45, 2.75) is 6.61 Å². The Morgan fingerprint density at radius 2 is 1.32 bits per heavy atom. The second-order valence-corrected chi connectivity index (χ2v) is 8.82. The van der Waals surface area contributed by atoms with Crippen LogP contribution in [0.15, 0.2) is 72.8 Å². The van der Waals surface area contributed by atoms with Gasteiger partial charge in [0.05, 0.1) is 6.61 Å². The zero-order valence-electron chi connectivity index (χ0n) is 20.7. The Hall–Kier alpha value is -3.12. The predicted molar refractivity (Wildman–Crippen MR) is 140 cm³/mol. The lowest BCUT2D eigenvalue weighted by molar-refractivity contribution is 0.261. The van der Waals surface area contributed by atoms with Gasteiger partial charge in [-0.2, -0.15) is 0 Å². The highest BCUT2D eigenvalue weighted by molar-refractivity contribution is 5.91. The van der Waals surface area contributed by atoms with Gasteiger partial charge in [0.1, 0.15) is 24.7 Å². The van der Waals surface area contributed by atoms with E-state index in [1.54, 1.807) is 0 Å². The van der Waals surface area contributed by atoms with Crippen LogP contribution in [0.25, 0.3) is 11.6 Å². The number of likely N-dealkylation sites (N-methyl/N-ethyl adjacent to an activating group) is 2. The number of benzene rings is 3. The van der Waals surface area contributed by atoms with Crippen LogP contribution in [0.2, 0.25) is 0 Å². The Kier molecular flexibility index (Phi) is 9.71. The van der Waals surface area contributed by atoms with Crippen LogP contribution in [-0.2, 0) is 6.61 Å². The van der Waals surface area contributed by atoms with Crippen LogP contribution < -0.4 is 9.47 Å². The molecule has 0 amide bonds. The second-order valence-electron chi connectivity index (χ2n) is 8.82. The molecule has 0 bridgehead atoms. The third kappa shape index (κ3) is 8.03. The van der Waals surface area contributed by atoms with Crippen LogP contribution in [0.5, 0.6) is 11.5 Å². The molecule has 0 atom stereocenters. The first-order valence-corrected chi connectivity index (χ1v) is 11.6. The van der Waals surface area contributed by atoms with Gasteiger partial charge >= 0.3 is 0 Å². The number of nitrogens with zero attached hydrogens (tertiary/aromatic N) is 2. The summed E-state index contributed by atoms with van der Waals surface area (Å²) in [4.78, 5) is 4.21. The van der Waals surface area contributed by atoms with Gasteiger partial charge in [0.25, 0.3) is 0 Å². The molecule has 0 aliphatic carbocycles. The van der Waals surface area contributed by atoms with Crippen LogP contribution in [0.3, 0.4) is 0 Å². The summed E-state index contributed by atoms with van der Waals surface area (Å²) in [5.41, 5.74) is 5.16. The molecule has 34 heavy (non-hydrogen) atoms. The van der Waals surface area contributed by atoms with Crippen molar-refractivity contribution in [3.05, 3.63) is 95.1 Å². The fourth-order valence-electron chi connectivity index (χ4n) is 3.43. The first-order chi connectivity index (χ1) is 16.4. The quantitative estimate of drug-likeness (QED) is 0.399. The molecule has 0 heterocycles. The topological polar surface area (TPSA) is 45.2 Å². The molecule has 5 heteroatoms. The molecule has 0 fully saturated rings. The molecular weight excluding hydrogens is 424 g/mol. The summed E-state index contributed by atoms with van der Waals surface area (Å²) >= 11 is 0. The fraction of sp³-hybridized carbons (Fsp3) is 0.310. The van der Waals surface area contributed by atoms with Gasteiger partial charge in [-0.25, -0.2) is 0 Å². The lowest BCUT2D eigenvalue weighted by Crippen LogP contribution is -2.19. The van der Waals surface area contributed by atoms with Crippen LogP contribution in [0, 0.1) is 0 Å². The standard InChI is InChI=1S/C29H36N2O3/c1-30(2)15-17-33-27-9-5-7-24(19-27)20-29(25-13-11-23(22-32)12-14-25)26-8-6-10-28(21-26)34-18-16-31(3)4/h5-14,19-21,32H,15-18,22H2,1-4H3/b29-20-. The van der Waals surface area contributed by atoms with Gasteiger partial charge in [0.2, 0.25) is 0 Å². The summed E-state index contributed by atoms with van der Waals surface area (Å²) in [6, 6.07) is 24.4. The van der Waals surface area contributed by atoms with E-state index in [0.29, 0.717) is 13.2 Å². The molecular formula is C29H36N2O3. The van der Waals surface area contributed by atoms with E-state index in [1.807, 2.05) is 76.7 Å². The maximum absolute atomic E-state index is 9.46. The first kappa shape index (κ1) is 25.5. The van der Waals surface area contributed by atoms with Crippen molar-refractivity contribution in [2.75, 3.05) is 54.5 Å². The van der Waals surface area contributed by atoms with Crippen LogP contribution in [-0.4, -0.2) is 69.4 Å². The van der Waals surface area contributed by atoms with E-state index >= 15 is 0 Å². The van der Waals surface area contributed by atoms with Crippen molar-refractivity contribution < 1.29 is 14.6 Å². The molecule has 0 unspecified atom stereocenters. The van der Waals surface area contributed by atoms with E-state index in [2.05, 4.69) is 40.1 Å². The van der Waals surface area contributed by atoms with E-state index in [1.165, 1.54) is 0 Å².